The van der Waals surface area contributed by atoms with Crippen LogP contribution in [0.1, 0.15) is 37.5 Å². The van der Waals surface area contributed by atoms with Crippen LogP contribution in [0, 0.1) is 12.7 Å². The van der Waals surface area contributed by atoms with Crippen LogP contribution in [0.4, 0.5) is 10.1 Å². The molecule has 1 N–H and O–H groups in total. The van der Waals surface area contributed by atoms with Gasteiger partial charge in [0, 0.05) is 30.9 Å². The van der Waals surface area contributed by atoms with E-state index >= 15 is 0 Å². The zero-order chi connectivity index (χ0) is 15.3. The van der Waals surface area contributed by atoms with E-state index in [1.165, 1.54) is 6.07 Å². The molecule has 0 spiro atoms. The third-order valence-corrected chi connectivity index (χ3v) is 3.41. The largest absolute Gasteiger partial charge is 0.389 e. The number of aliphatic hydroxyl groups excluding tert-OH is 1. The first-order valence-corrected chi connectivity index (χ1v) is 7.24. The predicted molar refractivity (Wildman–Crippen MR) is 82.8 cm³/mol. The monoisotopic (exact) mass is 282 g/mol. The number of aryl methyl sites for hydroxylation is 1. The first-order chi connectivity index (χ1) is 9.36. The Kier molecular flexibility index (Phi) is 6.43. The highest BCUT2D eigenvalue weighted by Crippen LogP contribution is 2.29. The highest BCUT2D eigenvalue weighted by molar-refractivity contribution is 5.56. The molecule has 0 unspecified atom stereocenters. The molecule has 0 aromatic heterocycles. The number of anilines is 1. The lowest BCUT2D eigenvalue weighted by molar-refractivity contribution is 0.199. The maximum absolute atomic E-state index is 13.7. The van der Waals surface area contributed by atoms with Crippen molar-refractivity contribution in [2.24, 2.45) is 0 Å². The van der Waals surface area contributed by atoms with E-state index in [0.29, 0.717) is 11.1 Å². The lowest BCUT2D eigenvalue weighted by atomic mass is 10.0. The molecule has 1 rings (SSSR count). The van der Waals surface area contributed by atoms with Crippen molar-refractivity contribution in [3.8, 4) is 0 Å². The summed E-state index contributed by atoms with van der Waals surface area (Å²) in [7, 11) is 4.07. The van der Waals surface area contributed by atoms with Crippen LogP contribution in [-0.2, 0) is 0 Å². The second-order valence-electron chi connectivity index (χ2n) is 5.63. The molecule has 0 aliphatic heterocycles. The number of hydrogen-bond acceptors (Lipinski definition) is 3. The summed E-state index contributed by atoms with van der Waals surface area (Å²) < 4.78 is 13.7. The van der Waals surface area contributed by atoms with Gasteiger partial charge in [-0.25, -0.2) is 4.39 Å². The van der Waals surface area contributed by atoms with E-state index in [0.717, 1.165) is 31.7 Å². The molecule has 3 nitrogen and oxygen atoms in total. The van der Waals surface area contributed by atoms with Crippen LogP contribution in [-0.4, -0.2) is 43.7 Å². The minimum absolute atomic E-state index is 0.256. The molecule has 1 atom stereocenters. The van der Waals surface area contributed by atoms with Gasteiger partial charge in [0.25, 0.3) is 0 Å². The summed E-state index contributed by atoms with van der Waals surface area (Å²) in [6.45, 7) is 8.27. The van der Waals surface area contributed by atoms with E-state index in [2.05, 4.69) is 16.7 Å². The van der Waals surface area contributed by atoms with Crippen molar-refractivity contribution in [2.45, 2.75) is 33.3 Å². The van der Waals surface area contributed by atoms with Gasteiger partial charge in [-0.3, -0.25) is 0 Å². The van der Waals surface area contributed by atoms with Crippen LogP contribution in [0.3, 0.4) is 0 Å². The standard InChI is InChI=1S/C16H27FN2O/c1-6-7-19(9-8-18(4)5)16-10-12(2)15(17)11-14(16)13(3)20/h10-11,13,20H,6-9H2,1-5H3/t13-/m1/s1. The number of halogens is 1. The average molecular weight is 282 g/mol. The Morgan fingerprint density at radius 2 is 1.85 bits per heavy atom. The Morgan fingerprint density at radius 3 is 2.35 bits per heavy atom. The van der Waals surface area contributed by atoms with Gasteiger partial charge < -0.3 is 14.9 Å². The van der Waals surface area contributed by atoms with Crippen molar-refractivity contribution < 1.29 is 9.50 Å². The number of rotatable bonds is 7. The Balaban J connectivity index is 3.13. The molecule has 0 saturated heterocycles. The highest BCUT2D eigenvalue weighted by atomic mass is 19.1. The van der Waals surface area contributed by atoms with Gasteiger partial charge in [-0.2, -0.15) is 0 Å². The van der Waals surface area contributed by atoms with Crippen molar-refractivity contribution in [3.63, 3.8) is 0 Å². The molecular formula is C16H27FN2O. The number of hydrogen-bond donors (Lipinski definition) is 1. The number of nitrogens with zero attached hydrogens (tertiary/aromatic N) is 2. The van der Waals surface area contributed by atoms with Crippen molar-refractivity contribution in [2.75, 3.05) is 38.6 Å². The molecule has 4 heteroatoms. The zero-order valence-corrected chi connectivity index (χ0v) is 13.3. The number of benzene rings is 1. The summed E-state index contributed by atoms with van der Waals surface area (Å²) in [4.78, 5) is 4.36. The maximum atomic E-state index is 13.7. The zero-order valence-electron chi connectivity index (χ0n) is 13.3. The minimum Gasteiger partial charge on any atom is -0.389 e. The van der Waals surface area contributed by atoms with Crippen LogP contribution in [0.2, 0.25) is 0 Å². The smallest absolute Gasteiger partial charge is 0.126 e. The maximum Gasteiger partial charge on any atom is 0.126 e. The summed E-state index contributed by atoms with van der Waals surface area (Å²) in [5, 5.41) is 9.91. The SMILES string of the molecule is CCCN(CCN(C)C)c1cc(C)c(F)cc1[C@@H](C)O. The van der Waals surface area contributed by atoms with Gasteiger partial charge in [-0.15, -0.1) is 0 Å². The molecule has 114 valence electrons. The molecule has 0 heterocycles. The predicted octanol–water partition coefficient (Wildman–Crippen LogP) is 2.97. The number of likely N-dealkylation sites (N-methyl/N-ethyl adjacent to an activating group) is 1. The van der Waals surface area contributed by atoms with E-state index in [1.54, 1.807) is 13.8 Å². The Bertz CT molecular complexity index is 433. The second-order valence-corrected chi connectivity index (χ2v) is 5.63. The fourth-order valence-electron chi connectivity index (χ4n) is 2.23. The molecule has 0 radical (unpaired) electrons. The Morgan fingerprint density at radius 1 is 1.20 bits per heavy atom. The third kappa shape index (κ3) is 4.46. The van der Waals surface area contributed by atoms with Crippen molar-refractivity contribution in [3.05, 3.63) is 29.1 Å². The van der Waals surface area contributed by atoms with Crippen molar-refractivity contribution >= 4 is 5.69 Å². The molecule has 1 aromatic carbocycles. The van der Waals surface area contributed by atoms with Crippen LogP contribution >= 0.6 is 0 Å². The molecule has 0 bridgehead atoms. The molecule has 20 heavy (non-hydrogen) atoms. The topological polar surface area (TPSA) is 26.7 Å². The van der Waals surface area contributed by atoms with E-state index in [9.17, 15) is 9.50 Å². The first-order valence-electron chi connectivity index (χ1n) is 7.24. The molecule has 0 saturated carbocycles. The molecule has 0 aliphatic rings. The molecule has 0 fully saturated rings. The van der Waals surface area contributed by atoms with Crippen LogP contribution < -0.4 is 4.90 Å². The van der Waals surface area contributed by atoms with Gasteiger partial charge in [-0.1, -0.05) is 6.92 Å². The Labute approximate surface area is 122 Å². The van der Waals surface area contributed by atoms with Crippen LogP contribution in [0.25, 0.3) is 0 Å². The molecule has 1 aromatic rings. The van der Waals surface area contributed by atoms with E-state index in [4.69, 9.17) is 0 Å². The lowest BCUT2D eigenvalue weighted by Crippen LogP contribution is -2.33. The molecule has 0 amide bonds. The third-order valence-electron chi connectivity index (χ3n) is 3.41. The highest BCUT2D eigenvalue weighted by Gasteiger charge is 2.16. The van der Waals surface area contributed by atoms with E-state index in [-0.39, 0.29) is 5.82 Å². The molecular weight excluding hydrogens is 255 g/mol. The first kappa shape index (κ1) is 16.9. The van der Waals surface area contributed by atoms with E-state index in [1.807, 2.05) is 20.2 Å². The van der Waals surface area contributed by atoms with Gasteiger partial charge in [-0.05, 0) is 52.1 Å². The summed E-state index contributed by atoms with van der Waals surface area (Å²) in [5.41, 5.74) is 2.23. The van der Waals surface area contributed by atoms with Gasteiger partial charge in [0.1, 0.15) is 5.82 Å². The second kappa shape index (κ2) is 7.60. The summed E-state index contributed by atoms with van der Waals surface area (Å²) in [6, 6.07) is 3.32. The van der Waals surface area contributed by atoms with Gasteiger partial charge in [0.15, 0.2) is 0 Å². The van der Waals surface area contributed by atoms with Crippen LogP contribution in [0.5, 0.6) is 0 Å². The minimum atomic E-state index is -0.668. The van der Waals surface area contributed by atoms with Crippen molar-refractivity contribution in [1.82, 2.24) is 4.90 Å². The van der Waals surface area contributed by atoms with E-state index < -0.39 is 6.10 Å². The van der Waals surface area contributed by atoms with Crippen molar-refractivity contribution in [1.29, 1.82) is 0 Å². The lowest BCUT2D eigenvalue weighted by Gasteiger charge is -2.29. The normalized spacial score (nSPS) is 12.8. The van der Waals surface area contributed by atoms with Crippen LogP contribution in [0.15, 0.2) is 12.1 Å². The molecule has 0 aliphatic carbocycles. The fourth-order valence-corrected chi connectivity index (χ4v) is 2.23. The Hall–Kier alpha value is -1.13. The van der Waals surface area contributed by atoms with Gasteiger partial charge in [0.05, 0.1) is 6.10 Å². The van der Waals surface area contributed by atoms with Gasteiger partial charge >= 0.3 is 0 Å². The fraction of sp³-hybridized carbons (Fsp3) is 0.625. The average Bonchev–Trinajstić information content (AvgIpc) is 2.37. The summed E-state index contributed by atoms with van der Waals surface area (Å²) >= 11 is 0. The number of aliphatic hydroxyl groups is 1. The summed E-state index contributed by atoms with van der Waals surface area (Å²) in [6.07, 6.45) is 0.349. The van der Waals surface area contributed by atoms with Gasteiger partial charge in [0.2, 0.25) is 0 Å². The summed E-state index contributed by atoms with van der Waals surface area (Å²) in [5.74, 6) is -0.256. The quantitative estimate of drug-likeness (QED) is 0.833.